The normalized spacial score (nSPS) is 11.9. The highest BCUT2D eigenvalue weighted by molar-refractivity contribution is 7.92. The Kier molecular flexibility index (Phi) is 10.4. The topological polar surface area (TPSA) is 105 Å². The molecule has 0 aliphatic rings. The minimum atomic E-state index is -3.58. The first-order chi connectivity index (χ1) is 16.6. The molecule has 0 fully saturated rings. The van der Waals surface area contributed by atoms with Crippen molar-refractivity contribution < 1.29 is 27.5 Å². The molecule has 2 aromatic rings. The minimum Gasteiger partial charge on any atom is -0.497 e. The highest BCUT2D eigenvalue weighted by atomic mass is 32.2. The summed E-state index contributed by atoms with van der Waals surface area (Å²) in [6.07, 6.45) is 1.94. The van der Waals surface area contributed by atoms with E-state index in [9.17, 15) is 18.0 Å². The smallest absolute Gasteiger partial charge is 0.242 e. The molecule has 1 N–H and O–H groups in total. The molecular formula is C25H35N3O6S. The number of benzene rings is 2. The Morgan fingerprint density at radius 3 is 2.23 bits per heavy atom. The second kappa shape index (κ2) is 13.0. The number of sulfonamides is 1. The summed E-state index contributed by atoms with van der Waals surface area (Å²) in [5, 5.41) is 2.63. The van der Waals surface area contributed by atoms with Gasteiger partial charge in [0.05, 0.1) is 26.2 Å². The molecule has 10 heteroatoms. The molecule has 0 bridgehead atoms. The molecule has 0 saturated heterocycles. The molecule has 1 atom stereocenters. The number of amides is 2. The van der Waals surface area contributed by atoms with Gasteiger partial charge < -0.3 is 19.7 Å². The number of hydrogen-bond acceptors (Lipinski definition) is 6. The van der Waals surface area contributed by atoms with E-state index in [1.54, 1.807) is 55.5 Å². The van der Waals surface area contributed by atoms with Gasteiger partial charge >= 0.3 is 0 Å². The standard InChI is InChI=1S/C25H35N3O6S/c1-6-23(25(30)26-2)27(18-19-12-14-21(33-3)15-13-19)24(29)11-8-16-28(35(5,31)32)20-9-7-10-22(17-20)34-4/h7,9-10,12-15,17,23H,6,8,11,16,18H2,1-5H3,(H,26,30)/t23-/m1/s1. The van der Waals surface area contributed by atoms with Gasteiger partial charge in [-0.2, -0.15) is 0 Å². The lowest BCUT2D eigenvalue weighted by Crippen LogP contribution is -2.48. The Morgan fingerprint density at radius 2 is 1.69 bits per heavy atom. The van der Waals surface area contributed by atoms with E-state index in [2.05, 4.69) is 5.32 Å². The van der Waals surface area contributed by atoms with Gasteiger partial charge in [-0.3, -0.25) is 13.9 Å². The number of nitrogens with one attached hydrogen (secondary N) is 1. The number of hydrogen-bond donors (Lipinski definition) is 1. The van der Waals surface area contributed by atoms with Crippen LogP contribution < -0.4 is 19.1 Å². The van der Waals surface area contributed by atoms with Gasteiger partial charge in [-0.25, -0.2) is 8.42 Å². The molecule has 2 amide bonds. The second-order valence-electron chi connectivity index (χ2n) is 8.05. The highest BCUT2D eigenvalue weighted by Crippen LogP contribution is 2.24. The number of anilines is 1. The van der Waals surface area contributed by atoms with Crippen molar-refractivity contribution in [3.63, 3.8) is 0 Å². The second-order valence-corrected chi connectivity index (χ2v) is 9.95. The quantitative estimate of drug-likeness (QED) is 0.449. The fourth-order valence-electron chi connectivity index (χ4n) is 3.78. The van der Waals surface area contributed by atoms with Crippen molar-refractivity contribution in [3.8, 4) is 11.5 Å². The van der Waals surface area contributed by atoms with Crippen LogP contribution in [0.15, 0.2) is 48.5 Å². The molecular weight excluding hydrogens is 470 g/mol. The summed E-state index contributed by atoms with van der Waals surface area (Å²) in [6.45, 7) is 2.22. The number of carbonyl (C=O) groups is 2. The van der Waals surface area contributed by atoms with Gasteiger partial charge in [-0.15, -0.1) is 0 Å². The average molecular weight is 506 g/mol. The van der Waals surface area contributed by atoms with Crippen molar-refractivity contribution in [2.24, 2.45) is 0 Å². The molecule has 0 spiro atoms. The van der Waals surface area contributed by atoms with Gasteiger partial charge in [-0.1, -0.05) is 25.1 Å². The first-order valence-electron chi connectivity index (χ1n) is 11.4. The monoisotopic (exact) mass is 505 g/mol. The van der Waals surface area contributed by atoms with Crippen LogP contribution in [0.2, 0.25) is 0 Å². The van der Waals surface area contributed by atoms with Crippen LogP contribution in [-0.2, 0) is 26.2 Å². The number of methoxy groups -OCH3 is 2. The van der Waals surface area contributed by atoms with Crippen molar-refractivity contribution in [2.45, 2.75) is 38.8 Å². The van der Waals surface area contributed by atoms with Gasteiger partial charge in [0.1, 0.15) is 17.5 Å². The van der Waals surface area contributed by atoms with E-state index in [0.717, 1.165) is 11.8 Å². The summed E-state index contributed by atoms with van der Waals surface area (Å²) in [7, 11) is 1.05. The van der Waals surface area contributed by atoms with Crippen LogP contribution in [0, 0.1) is 0 Å². The van der Waals surface area contributed by atoms with Crippen LogP contribution in [-0.4, -0.2) is 65.2 Å². The lowest BCUT2D eigenvalue weighted by atomic mass is 10.1. The van der Waals surface area contributed by atoms with E-state index in [0.29, 0.717) is 23.6 Å². The number of nitrogens with zero attached hydrogens (tertiary/aromatic N) is 2. The molecule has 192 valence electrons. The zero-order valence-electron chi connectivity index (χ0n) is 21.0. The predicted octanol–water partition coefficient (Wildman–Crippen LogP) is 2.80. The first-order valence-corrected chi connectivity index (χ1v) is 13.2. The van der Waals surface area contributed by atoms with Crippen molar-refractivity contribution in [1.82, 2.24) is 10.2 Å². The zero-order chi connectivity index (χ0) is 26.0. The van der Waals surface area contributed by atoms with Crippen LogP contribution in [0.1, 0.15) is 31.7 Å². The number of carbonyl (C=O) groups excluding carboxylic acids is 2. The fourth-order valence-corrected chi connectivity index (χ4v) is 4.74. The third kappa shape index (κ3) is 7.88. The van der Waals surface area contributed by atoms with Gasteiger partial charge in [0, 0.05) is 32.6 Å². The van der Waals surface area contributed by atoms with E-state index in [1.165, 1.54) is 11.4 Å². The Morgan fingerprint density at radius 1 is 1.03 bits per heavy atom. The van der Waals surface area contributed by atoms with Crippen LogP contribution in [0.5, 0.6) is 11.5 Å². The van der Waals surface area contributed by atoms with Gasteiger partial charge in [0.2, 0.25) is 21.8 Å². The van der Waals surface area contributed by atoms with Crippen molar-refractivity contribution in [1.29, 1.82) is 0 Å². The minimum absolute atomic E-state index is 0.0830. The van der Waals surface area contributed by atoms with E-state index in [1.807, 2.05) is 19.1 Å². The van der Waals surface area contributed by atoms with E-state index in [4.69, 9.17) is 9.47 Å². The summed E-state index contributed by atoms with van der Waals surface area (Å²) >= 11 is 0. The maximum Gasteiger partial charge on any atom is 0.242 e. The van der Waals surface area contributed by atoms with E-state index in [-0.39, 0.29) is 37.7 Å². The Balaban J connectivity index is 2.19. The Hall–Kier alpha value is -3.27. The van der Waals surface area contributed by atoms with Gasteiger partial charge in [-0.05, 0) is 42.7 Å². The molecule has 2 aromatic carbocycles. The Bertz CT molecular complexity index is 1090. The predicted molar refractivity (Wildman–Crippen MR) is 136 cm³/mol. The molecule has 0 aromatic heterocycles. The van der Waals surface area contributed by atoms with E-state index >= 15 is 0 Å². The van der Waals surface area contributed by atoms with Gasteiger partial charge in [0.15, 0.2) is 0 Å². The molecule has 0 saturated carbocycles. The summed E-state index contributed by atoms with van der Waals surface area (Å²) in [5.74, 6) is 0.761. The van der Waals surface area contributed by atoms with Crippen LogP contribution in [0.4, 0.5) is 5.69 Å². The highest BCUT2D eigenvalue weighted by Gasteiger charge is 2.28. The maximum absolute atomic E-state index is 13.3. The lowest BCUT2D eigenvalue weighted by molar-refractivity contribution is -0.141. The summed E-state index contributed by atoms with van der Waals surface area (Å²) in [4.78, 5) is 27.4. The third-order valence-corrected chi connectivity index (χ3v) is 6.83. The van der Waals surface area contributed by atoms with Crippen molar-refractivity contribution in [2.75, 3.05) is 38.4 Å². The van der Waals surface area contributed by atoms with Gasteiger partial charge in [0.25, 0.3) is 0 Å². The maximum atomic E-state index is 13.3. The largest absolute Gasteiger partial charge is 0.497 e. The summed E-state index contributed by atoms with van der Waals surface area (Å²) in [5.41, 5.74) is 1.32. The average Bonchev–Trinajstić information content (AvgIpc) is 2.85. The SMILES string of the molecule is CC[C@H](C(=O)NC)N(Cc1ccc(OC)cc1)C(=O)CCCN(c1cccc(OC)c1)S(C)(=O)=O. The zero-order valence-corrected chi connectivity index (χ0v) is 21.8. The molecule has 2 rings (SSSR count). The number of likely N-dealkylation sites (N-methyl/N-ethyl adjacent to an activating group) is 1. The fraction of sp³-hybridized carbons (Fsp3) is 0.440. The Labute approximate surface area is 208 Å². The molecule has 0 aliphatic carbocycles. The number of ether oxygens (including phenoxy) is 2. The van der Waals surface area contributed by atoms with Crippen molar-refractivity contribution in [3.05, 3.63) is 54.1 Å². The van der Waals surface area contributed by atoms with Crippen LogP contribution in [0.3, 0.4) is 0 Å². The molecule has 0 unspecified atom stereocenters. The lowest BCUT2D eigenvalue weighted by Gasteiger charge is -2.31. The van der Waals surface area contributed by atoms with Crippen molar-refractivity contribution >= 4 is 27.5 Å². The summed E-state index contributed by atoms with van der Waals surface area (Å²) in [6, 6.07) is 13.4. The number of rotatable bonds is 13. The first kappa shape index (κ1) is 28.0. The van der Waals surface area contributed by atoms with E-state index < -0.39 is 16.1 Å². The third-order valence-electron chi connectivity index (χ3n) is 5.64. The molecule has 0 radical (unpaired) electrons. The summed E-state index contributed by atoms with van der Waals surface area (Å²) < 4.78 is 36.5. The van der Waals surface area contributed by atoms with Crippen LogP contribution in [0.25, 0.3) is 0 Å². The van der Waals surface area contributed by atoms with Crippen LogP contribution >= 0.6 is 0 Å². The molecule has 0 heterocycles. The molecule has 9 nitrogen and oxygen atoms in total. The molecule has 0 aliphatic heterocycles. The molecule has 35 heavy (non-hydrogen) atoms.